The highest BCUT2D eigenvalue weighted by molar-refractivity contribution is 7.80. The Kier molecular flexibility index (Phi) is 3.47. The van der Waals surface area contributed by atoms with Crippen molar-refractivity contribution in [3.05, 3.63) is 12.2 Å². The second-order valence-corrected chi connectivity index (χ2v) is 2.82. The minimum absolute atomic E-state index is 0.0810. The van der Waals surface area contributed by atoms with E-state index < -0.39 is 0 Å². The molecule has 0 heterocycles. The summed E-state index contributed by atoms with van der Waals surface area (Å²) in [5.41, 5.74) is 1.05. The van der Waals surface area contributed by atoms with E-state index >= 15 is 0 Å². The van der Waals surface area contributed by atoms with Crippen molar-refractivity contribution < 1.29 is 5.11 Å². The van der Waals surface area contributed by atoms with E-state index in [4.69, 9.17) is 5.11 Å². The molecule has 1 unspecified atom stereocenters. The van der Waals surface area contributed by atoms with Gasteiger partial charge >= 0.3 is 0 Å². The highest BCUT2D eigenvalue weighted by Crippen LogP contribution is 2.09. The summed E-state index contributed by atoms with van der Waals surface area (Å²) in [5, 5.41) is 8.84. The zero-order valence-electron chi connectivity index (χ0n) is 5.85. The molecule has 0 bridgehead atoms. The van der Waals surface area contributed by atoms with Crippen LogP contribution in [0.3, 0.4) is 0 Å². The van der Waals surface area contributed by atoms with Gasteiger partial charge in [-0.1, -0.05) is 12.5 Å². The predicted molar refractivity (Wildman–Crippen MR) is 43.8 cm³/mol. The highest BCUT2D eigenvalue weighted by atomic mass is 32.1. The molecule has 0 saturated carbocycles. The molecular formula is C7H12OS. The number of aliphatic hydroxyl groups is 1. The van der Waals surface area contributed by atoms with E-state index in [9.17, 15) is 0 Å². The van der Waals surface area contributed by atoms with E-state index in [1.807, 2.05) is 13.8 Å². The maximum Gasteiger partial charge on any atom is 0.159 e. The molecule has 1 N–H and O–H groups in total. The van der Waals surface area contributed by atoms with Gasteiger partial charge in [-0.05, 0) is 25.6 Å². The fraction of sp³-hybridized carbons (Fsp3) is 0.571. The van der Waals surface area contributed by atoms with Crippen LogP contribution in [0.4, 0.5) is 0 Å². The number of rotatable bonds is 3. The van der Waals surface area contributed by atoms with Crippen LogP contribution in [0, 0.1) is 5.92 Å². The van der Waals surface area contributed by atoms with E-state index in [0.29, 0.717) is 0 Å². The van der Waals surface area contributed by atoms with Gasteiger partial charge in [-0.15, -0.1) is 6.58 Å². The van der Waals surface area contributed by atoms with Crippen molar-refractivity contribution in [2.24, 2.45) is 5.92 Å². The van der Waals surface area contributed by atoms with Crippen molar-refractivity contribution in [2.75, 3.05) is 0 Å². The van der Waals surface area contributed by atoms with Crippen molar-refractivity contribution in [1.29, 1.82) is 0 Å². The van der Waals surface area contributed by atoms with Gasteiger partial charge in [0.25, 0.3) is 0 Å². The number of hydrogen-bond donors (Lipinski definition) is 1. The average molecular weight is 144 g/mol. The highest BCUT2D eigenvalue weighted by Gasteiger charge is 2.05. The van der Waals surface area contributed by atoms with Crippen molar-refractivity contribution in [3.8, 4) is 0 Å². The molecular weight excluding hydrogens is 132 g/mol. The van der Waals surface area contributed by atoms with Crippen molar-refractivity contribution in [1.82, 2.24) is 0 Å². The smallest absolute Gasteiger partial charge is 0.159 e. The molecule has 0 spiro atoms. The van der Waals surface area contributed by atoms with Crippen LogP contribution in [0.15, 0.2) is 12.2 Å². The Balaban J connectivity index is 3.63. The number of thiocarbonyl (C=S) groups is 1. The summed E-state index contributed by atoms with van der Waals surface area (Å²) in [4.78, 5) is 0. The van der Waals surface area contributed by atoms with Crippen molar-refractivity contribution >= 4 is 17.3 Å². The molecule has 0 aromatic rings. The van der Waals surface area contributed by atoms with Gasteiger partial charge in [0.2, 0.25) is 0 Å². The molecule has 0 fully saturated rings. The van der Waals surface area contributed by atoms with Crippen molar-refractivity contribution in [2.45, 2.75) is 20.3 Å². The van der Waals surface area contributed by atoms with Crippen LogP contribution in [0.5, 0.6) is 0 Å². The lowest BCUT2D eigenvalue weighted by Crippen LogP contribution is -2.06. The molecule has 0 aliphatic carbocycles. The summed E-state index contributed by atoms with van der Waals surface area (Å²) in [6, 6.07) is 0. The van der Waals surface area contributed by atoms with Gasteiger partial charge in [0.15, 0.2) is 5.05 Å². The average Bonchev–Trinajstić information content (AvgIpc) is 1.63. The van der Waals surface area contributed by atoms with Gasteiger partial charge in [0.05, 0.1) is 0 Å². The van der Waals surface area contributed by atoms with Crippen molar-refractivity contribution in [3.63, 3.8) is 0 Å². The lowest BCUT2D eigenvalue weighted by atomic mass is 10.1. The third-order valence-corrected chi connectivity index (χ3v) is 1.48. The third kappa shape index (κ3) is 4.15. The number of hydrogen-bond acceptors (Lipinski definition) is 1. The molecule has 0 aromatic heterocycles. The lowest BCUT2D eigenvalue weighted by Gasteiger charge is -2.05. The minimum atomic E-state index is 0.0810. The summed E-state index contributed by atoms with van der Waals surface area (Å²) in [6.07, 6.45) is 0.787. The molecule has 0 aliphatic rings. The number of allylic oxidation sites excluding steroid dienone is 1. The Morgan fingerprint density at radius 2 is 2.22 bits per heavy atom. The minimum Gasteiger partial charge on any atom is -0.502 e. The molecule has 0 radical (unpaired) electrons. The molecule has 0 aliphatic heterocycles. The molecule has 0 amide bonds. The van der Waals surface area contributed by atoms with E-state index in [0.717, 1.165) is 12.0 Å². The van der Waals surface area contributed by atoms with Crippen LogP contribution in [-0.2, 0) is 0 Å². The van der Waals surface area contributed by atoms with Crippen LogP contribution in [0.25, 0.3) is 0 Å². The summed E-state index contributed by atoms with van der Waals surface area (Å²) in [7, 11) is 0. The van der Waals surface area contributed by atoms with Gasteiger partial charge in [-0.25, -0.2) is 0 Å². The molecule has 0 saturated heterocycles. The summed E-state index contributed by atoms with van der Waals surface area (Å²) < 4.78 is 0. The summed E-state index contributed by atoms with van der Waals surface area (Å²) in [6.45, 7) is 7.52. The quantitative estimate of drug-likeness (QED) is 0.485. The van der Waals surface area contributed by atoms with Crippen LogP contribution in [-0.4, -0.2) is 10.2 Å². The molecule has 2 heteroatoms. The Morgan fingerprint density at radius 1 is 1.78 bits per heavy atom. The van der Waals surface area contributed by atoms with Crippen LogP contribution in [0.2, 0.25) is 0 Å². The summed E-state index contributed by atoms with van der Waals surface area (Å²) >= 11 is 4.55. The maximum absolute atomic E-state index is 8.76. The van der Waals surface area contributed by atoms with E-state index in [1.54, 1.807) is 0 Å². The predicted octanol–water partition coefficient (Wildman–Crippen LogP) is 2.47. The third-order valence-electron chi connectivity index (χ3n) is 1.08. The first kappa shape index (κ1) is 8.63. The largest absolute Gasteiger partial charge is 0.502 e. The molecule has 9 heavy (non-hydrogen) atoms. The van der Waals surface area contributed by atoms with Crippen LogP contribution < -0.4 is 0 Å². The lowest BCUT2D eigenvalue weighted by molar-refractivity contribution is 0.508. The summed E-state index contributed by atoms with van der Waals surface area (Å²) in [5.74, 6) is 0.0810. The zero-order valence-corrected chi connectivity index (χ0v) is 6.66. The van der Waals surface area contributed by atoms with Gasteiger partial charge in [-0.2, -0.15) is 0 Å². The van der Waals surface area contributed by atoms with E-state index in [1.165, 1.54) is 0 Å². The second-order valence-electron chi connectivity index (χ2n) is 2.40. The van der Waals surface area contributed by atoms with Crippen LogP contribution in [0.1, 0.15) is 20.3 Å². The standard InChI is InChI=1S/C7H12OS/c1-5(2)4-6(3)7(8)9/h6H,1,4H2,2-3H3,(H,8,9). The molecule has 0 rings (SSSR count). The fourth-order valence-electron chi connectivity index (χ4n) is 0.610. The topological polar surface area (TPSA) is 20.2 Å². The molecule has 0 aromatic carbocycles. The number of aliphatic hydroxyl groups excluding tert-OH is 1. The SMILES string of the molecule is C=C(C)CC(C)C(O)=S. The Labute approximate surface area is 61.4 Å². The normalized spacial score (nSPS) is 12.7. The Morgan fingerprint density at radius 3 is 2.33 bits per heavy atom. The van der Waals surface area contributed by atoms with Gasteiger partial charge in [0.1, 0.15) is 0 Å². The maximum atomic E-state index is 8.76. The molecule has 1 atom stereocenters. The fourth-order valence-corrected chi connectivity index (χ4v) is 0.693. The Hall–Kier alpha value is -0.370. The van der Waals surface area contributed by atoms with E-state index in [2.05, 4.69) is 18.8 Å². The second kappa shape index (κ2) is 3.62. The first-order valence-corrected chi connectivity index (χ1v) is 3.32. The van der Waals surface area contributed by atoms with Gasteiger partial charge in [0, 0.05) is 5.92 Å². The van der Waals surface area contributed by atoms with Crippen LogP contribution >= 0.6 is 12.2 Å². The monoisotopic (exact) mass is 144 g/mol. The first-order chi connectivity index (χ1) is 4.04. The molecule has 52 valence electrons. The van der Waals surface area contributed by atoms with Gasteiger partial charge in [-0.3, -0.25) is 0 Å². The van der Waals surface area contributed by atoms with Gasteiger partial charge < -0.3 is 5.11 Å². The first-order valence-electron chi connectivity index (χ1n) is 2.91. The zero-order chi connectivity index (χ0) is 7.44. The van der Waals surface area contributed by atoms with E-state index in [-0.39, 0.29) is 11.0 Å². The Bertz CT molecular complexity index is 129. The molecule has 1 nitrogen and oxygen atoms in total.